The van der Waals surface area contributed by atoms with Crippen LogP contribution >= 0.6 is 0 Å². The van der Waals surface area contributed by atoms with Gasteiger partial charge in [-0.05, 0) is 13.8 Å². The van der Waals surface area contributed by atoms with E-state index in [1.807, 2.05) is 13.8 Å². The zero-order valence-corrected chi connectivity index (χ0v) is 10.4. The van der Waals surface area contributed by atoms with E-state index in [1.54, 1.807) is 4.90 Å². The van der Waals surface area contributed by atoms with Crippen LogP contribution in [0.3, 0.4) is 0 Å². The number of carbonyl (C=O) groups excluding carboxylic acids is 1. The van der Waals surface area contributed by atoms with E-state index in [0.29, 0.717) is 0 Å². The van der Waals surface area contributed by atoms with Crippen molar-refractivity contribution in [3.05, 3.63) is 0 Å². The summed E-state index contributed by atoms with van der Waals surface area (Å²) in [5.41, 5.74) is 10.9. The summed E-state index contributed by atoms with van der Waals surface area (Å²) in [5.74, 6) is -0.468. The van der Waals surface area contributed by atoms with Crippen LogP contribution in [0.2, 0.25) is 0 Å². The molecular weight excluding hydrogens is 230 g/mol. The smallest absolute Gasteiger partial charge is 0.231 e. The van der Waals surface area contributed by atoms with Crippen molar-refractivity contribution < 1.29 is 13.2 Å². The van der Waals surface area contributed by atoms with Gasteiger partial charge in [0.25, 0.3) is 0 Å². The lowest BCUT2D eigenvalue weighted by Gasteiger charge is -2.32. The third kappa shape index (κ3) is 3.16. The summed E-state index contributed by atoms with van der Waals surface area (Å²) < 4.78 is 22.9. The van der Waals surface area contributed by atoms with Crippen LogP contribution in [0, 0.1) is 0 Å². The molecule has 4 N–H and O–H groups in total. The highest BCUT2D eigenvalue weighted by Crippen LogP contribution is 2.18. The quantitative estimate of drug-likeness (QED) is 0.618. The second-order valence-electron chi connectivity index (χ2n) is 4.54. The van der Waals surface area contributed by atoms with Gasteiger partial charge in [0.2, 0.25) is 5.91 Å². The van der Waals surface area contributed by atoms with Gasteiger partial charge in [-0.3, -0.25) is 9.69 Å². The van der Waals surface area contributed by atoms with Crippen molar-refractivity contribution in [3.63, 3.8) is 0 Å². The van der Waals surface area contributed by atoms with Crippen LogP contribution in [0.1, 0.15) is 13.8 Å². The predicted octanol–water partition coefficient (Wildman–Crippen LogP) is -1.69. The van der Waals surface area contributed by atoms with E-state index in [1.165, 1.54) is 0 Å². The average molecular weight is 249 g/mol. The standard InChI is InChI=1S/C9H19N3O3S/c1-6(2)12(3-9(11)13)8-5-16(14,15)4-7(8)10/h6-8H,3-5,10H2,1-2H3,(H2,11,13). The van der Waals surface area contributed by atoms with Crippen LogP contribution in [0.4, 0.5) is 0 Å². The molecule has 1 aliphatic heterocycles. The van der Waals surface area contributed by atoms with Gasteiger partial charge in [-0.1, -0.05) is 0 Å². The first kappa shape index (κ1) is 13.4. The Labute approximate surface area is 95.9 Å². The number of sulfone groups is 1. The average Bonchev–Trinajstić information content (AvgIpc) is 2.34. The molecule has 0 aliphatic carbocycles. The first-order chi connectivity index (χ1) is 7.23. The minimum absolute atomic E-state index is 0.0135. The van der Waals surface area contributed by atoms with Crippen LogP contribution in [0.5, 0.6) is 0 Å². The van der Waals surface area contributed by atoms with Gasteiger partial charge >= 0.3 is 0 Å². The largest absolute Gasteiger partial charge is 0.369 e. The maximum atomic E-state index is 11.4. The minimum Gasteiger partial charge on any atom is -0.369 e. The third-order valence-corrected chi connectivity index (χ3v) is 4.54. The molecule has 1 saturated heterocycles. The fourth-order valence-corrected chi connectivity index (χ4v) is 3.96. The van der Waals surface area contributed by atoms with Gasteiger partial charge in [0.05, 0.1) is 18.1 Å². The van der Waals surface area contributed by atoms with Crippen LogP contribution in [0.25, 0.3) is 0 Å². The van der Waals surface area contributed by atoms with Crippen molar-refractivity contribution in [2.75, 3.05) is 18.1 Å². The fourth-order valence-electron chi connectivity index (χ4n) is 2.06. The summed E-state index contributed by atoms with van der Waals surface area (Å²) in [6.45, 7) is 3.83. The molecule has 0 radical (unpaired) electrons. The molecule has 1 fully saturated rings. The van der Waals surface area contributed by atoms with Gasteiger partial charge in [0.15, 0.2) is 9.84 Å². The van der Waals surface area contributed by atoms with Crippen molar-refractivity contribution in [2.45, 2.75) is 32.0 Å². The first-order valence-electron chi connectivity index (χ1n) is 5.23. The Hall–Kier alpha value is -0.660. The molecule has 2 unspecified atom stereocenters. The first-order valence-corrected chi connectivity index (χ1v) is 7.05. The van der Waals surface area contributed by atoms with Crippen LogP contribution in [-0.2, 0) is 14.6 Å². The number of hydrogen-bond acceptors (Lipinski definition) is 5. The Morgan fingerprint density at radius 2 is 2.00 bits per heavy atom. The SMILES string of the molecule is CC(C)N(CC(N)=O)C1CS(=O)(=O)CC1N. The van der Waals surface area contributed by atoms with Gasteiger partial charge in [-0.25, -0.2) is 8.42 Å². The van der Waals surface area contributed by atoms with Gasteiger partial charge in [-0.15, -0.1) is 0 Å². The molecule has 7 heteroatoms. The topological polar surface area (TPSA) is 106 Å². The van der Waals surface area contributed by atoms with E-state index in [-0.39, 0.29) is 30.1 Å². The maximum absolute atomic E-state index is 11.4. The van der Waals surface area contributed by atoms with E-state index in [2.05, 4.69) is 0 Å². The highest BCUT2D eigenvalue weighted by atomic mass is 32.2. The van der Waals surface area contributed by atoms with Crippen molar-refractivity contribution in [1.82, 2.24) is 4.90 Å². The monoisotopic (exact) mass is 249 g/mol. The molecule has 0 aromatic rings. The van der Waals surface area contributed by atoms with E-state index in [4.69, 9.17) is 11.5 Å². The van der Waals surface area contributed by atoms with E-state index < -0.39 is 21.8 Å². The lowest BCUT2D eigenvalue weighted by atomic mass is 10.1. The Morgan fingerprint density at radius 3 is 2.31 bits per heavy atom. The summed E-state index contributed by atoms with van der Waals surface area (Å²) in [5, 5.41) is 0. The van der Waals surface area contributed by atoms with Crippen molar-refractivity contribution in [1.29, 1.82) is 0 Å². The Kier molecular flexibility index (Phi) is 3.92. The van der Waals surface area contributed by atoms with Crippen molar-refractivity contribution in [2.24, 2.45) is 11.5 Å². The molecule has 0 bridgehead atoms. The van der Waals surface area contributed by atoms with Gasteiger partial charge in [-0.2, -0.15) is 0 Å². The van der Waals surface area contributed by atoms with E-state index >= 15 is 0 Å². The lowest BCUT2D eigenvalue weighted by Crippen LogP contribution is -2.52. The van der Waals surface area contributed by atoms with Gasteiger partial charge in [0, 0.05) is 18.1 Å². The van der Waals surface area contributed by atoms with Crippen molar-refractivity contribution >= 4 is 15.7 Å². The van der Waals surface area contributed by atoms with Gasteiger partial charge < -0.3 is 11.5 Å². The molecule has 0 aromatic heterocycles. The Morgan fingerprint density at radius 1 is 1.44 bits per heavy atom. The highest BCUT2D eigenvalue weighted by Gasteiger charge is 2.39. The van der Waals surface area contributed by atoms with Crippen LogP contribution in [0.15, 0.2) is 0 Å². The lowest BCUT2D eigenvalue weighted by molar-refractivity contribution is -0.120. The van der Waals surface area contributed by atoms with E-state index in [0.717, 1.165) is 0 Å². The molecular formula is C9H19N3O3S. The summed E-state index contributed by atoms with van der Waals surface area (Å²) >= 11 is 0. The molecule has 0 spiro atoms. The Bertz CT molecular complexity index is 366. The van der Waals surface area contributed by atoms with Gasteiger partial charge in [0.1, 0.15) is 0 Å². The molecule has 2 atom stereocenters. The minimum atomic E-state index is -3.08. The number of primary amides is 1. The Balaban J connectivity index is 2.84. The molecule has 16 heavy (non-hydrogen) atoms. The number of rotatable bonds is 4. The number of nitrogens with two attached hydrogens (primary N) is 2. The molecule has 1 rings (SSSR count). The molecule has 6 nitrogen and oxygen atoms in total. The zero-order chi connectivity index (χ0) is 12.5. The van der Waals surface area contributed by atoms with Crippen LogP contribution < -0.4 is 11.5 Å². The molecule has 1 aliphatic rings. The predicted molar refractivity (Wildman–Crippen MR) is 61.5 cm³/mol. The normalized spacial score (nSPS) is 28.8. The fraction of sp³-hybridized carbons (Fsp3) is 0.889. The molecule has 94 valence electrons. The second kappa shape index (κ2) is 4.68. The number of carbonyl (C=O) groups is 1. The number of hydrogen-bond donors (Lipinski definition) is 2. The van der Waals surface area contributed by atoms with Crippen molar-refractivity contribution in [3.8, 4) is 0 Å². The summed E-state index contributed by atoms with van der Waals surface area (Å²) in [6.07, 6.45) is 0. The summed E-state index contributed by atoms with van der Waals surface area (Å²) in [6, 6.07) is -0.707. The zero-order valence-electron chi connectivity index (χ0n) is 9.59. The third-order valence-electron chi connectivity index (χ3n) is 2.79. The second-order valence-corrected chi connectivity index (χ2v) is 6.69. The highest BCUT2D eigenvalue weighted by molar-refractivity contribution is 7.91. The van der Waals surface area contributed by atoms with Crippen LogP contribution in [-0.4, -0.2) is 55.4 Å². The maximum Gasteiger partial charge on any atom is 0.231 e. The van der Waals surface area contributed by atoms with E-state index in [9.17, 15) is 13.2 Å². The molecule has 0 aromatic carbocycles. The number of nitrogens with zero attached hydrogens (tertiary/aromatic N) is 1. The molecule has 0 saturated carbocycles. The molecule has 1 heterocycles. The molecule has 1 amide bonds. The number of amides is 1. The summed E-state index contributed by atoms with van der Waals surface area (Å²) in [4.78, 5) is 12.7. The summed E-state index contributed by atoms with van der Waals surface area (Å²) in [7, 11) is -3.08.